The molecule has 0 saturated carbocycles. The summed E-state index contributed by atoms with van der Waals surface area (Å²) >= 11 is 0. The topological polar surface area (TPSA) is 211 Å². The number of nitrogens with two attached hydrogens (primary N) is 1. The molecule has 12 nitrogen and oxygen atoms in total. The monoisotopic (exact) mass is 516 g/mol. The Hall–Kier alpha value is -4.00. The number of carboxylic acids is 1. The largest absolute Gasteiger partial charge is 0.508 e. The normalized spacial score (nSPS) is 14.9. The van der Waals surface area contributed by atoms with Crippen molar-refractivity contribution in [2.75, 3.05) is 6.61 Å². The summed E-state index contributed by atoms with van der Waals surface area (Å²) in [7, 11) is 0. The van der Waals surface area contributed by atoms with E-state index in [1.165, 1.54) is 19.1 Å². The Morgan fingerprint density at radius 2 is 1.35 bits per heavy atom. The molecule has 0 unspecified atom stereocenters. The number of carbonyl (C=O) groups excluding carboxylic acids is 3. The summed E-state index contributed by atoms with van der Waals surface area (Å²) in [4.78, 5) is 49.7. The minimum Gasteiger partial charge on any atom is -0.508 e. The van der Waals surface area contributed by atoms with Crippen molar-refractivity contribution in [3.63, 3.8) is 0 Å². The van der Waals surface area contributed by atoms with Gasteiger partial charge in [-0.2, -0.15) is 0 Å². The van der Waals surface area contributed by atoms with Crippen LogP contribution < -0.4 is 21.7 Å². The third-order valence-electron chi connectivity index (χ3n) is 5.51. The van der Waals surface area contributed by atoms with Gasteiger partial charge in [-0.3, -0.25) is 14.4 Å². The fraction of sp³-hybridized carbons (Fsp3) is 0.360. The van der Waals surface area contributed by atoms with Gasteiger partial charge in [0, 0.05) is 6.42 Å². The minimum atomic E-state index is -1.62. The number of phenols is 1. The van der Waals surface area contributed by atoms with E-state index in [0.717, 1.165) is 0 Å². The molecular weight excluding hydrogens is 484 g/mol. The Bertz CT molecular complexity index is 1060. The Labute approximate surface area is 213 Å². The Morgan fingerprint density at radius 3 is 1.89 bits per heavy atom. The molecule has 0 radical (unpaired) electrons. The molecule has 0 aliphatic heterocycles. The van der Waals surface area contributed by atoms with E-state index in [9.17, 15) is 39.6 Å². The number of nitrogens with one attached hydrogen (secondary N) is 3. The molecule has 2 rings (SSSR count). The third-order valence-corrected chi connectivity index (χ3v) is 5.51. The lowest BCUT2D eigenvalue weighted by molar-refractivity contribution is -0.145. The maximum atomic E-state index is 12.9. The summed E-state index contributed by atoms with van der Waals surface area (Å²) in [6.07, 6.45) is -1.34. The Balaban J connectivity index is 2.11. The lowest BCUT2D eigenvalue weighted by Crippen LogP contribution is -2.59. The summed E-state index contributed by atoms with van der Waals surface area (Å²) in [5.74, 6) is -3.91. The van der Waals surface area contributed by atoms with Gasteiger partial charge in [0.05, 0.1) is 18.8 Å². The van der Waals surface area contributed by atoms with E-state index in [1.807, 2.05) is 0 Å². The van der Waals surface area contributed by atoms with Crippen LogP contribution in [-0.4, -0.2) is 81.0 Å². The van der Waals surface area contributed by atoms with Gasteiger partial charge in [-0.15, -0.1) is 0 Å². The van der Waals surface area contributed by atoms with Crippen molar-refractivity contribution in [1.29, 1.82) is 0 Å². The molecular formula is C25H32N4O8. The second-order valence-corrected chi connectivity index (χ2v) is 8.54. The van der Waals surface area contributed by atoms with Crippen molar-refractivity contribution in [3.05, 3.63) is 65.7 Å². The van der Waals surface area contributed by atoms with Crippen LogP contribution in [0.15, 0.2) is 54.6 Å². The molecule has 0 fully saturated rings. The highest BCUT2D eigenvalue weighted by Crippen LogP contribution is 2.11. The van der Waals surface area contributed by atoms with E-state index in [1.54, 1.807) is 42.5 Å². The smallest absolute Gasteiger partial charge is 0.328 e. The minimum absolute atomic E-state index is 0.0307. The number of hydrogen-bond acceptors (Lipinski definition) is 8. The number of benzene rings is 2. The van der Waals surface area contributed by atoms with Crippen LogP contribution in [0.2, 0.25) is 0 Å². The number of hydrogen-bond donors (Lipinski definition) is 8. The first kappa shape index (κ1) is 29.2. The lowest BCUT2D eigenvalue weighted by Gasteiger charge is -2.25. The standard InChI is InChI=1S/C25H32N4O8/c1-14(31)21(25(36)37)29-23(34)19(12-15-5-3-2-4-6-15)27-24(35)20(13-30)28-22(33)18(26)11-16-7-9-17(32)10-8-16/h2-10,14,18-21,30-32H,11-13,26H2,1H3,(H,27,35)(H,28,33)(H,29,34)(H,36,37)/t14-,18+,19+,20+,21+/m1/s1. The number of carboxylic acid groups (broad SMARTS) is 1. The molecule has 200 valence electrons. The highest BCUT2D eigenvalue weighted by molar-refractivity contribution is 5.94. The summed E-state index contributed by atoms with van der Waals surface area (Å²) < 4.78 is 0. The average Bonchev–Trinajstić information content (AvgIpc) is 2.86. The fourth-order valence-electron chi connectivity index (χ4n) is 3.43. The van der Waals surface area contributed by atoms with Gasteiger partial charge in [0.25, 0.3) is 0 Å². The van der Waals surface area contributed by atoms with Crippen LogP contribution in [-0.2, 0) is 32.0 Å². The van der Waals surface area contributed by atoms with Crippen LogP contribution in [0.4, 0.5) is 0 Å². The maximum absolute atomic E-state index is 12.9. The molecule has 5 atom stereocenters. The second kappa shape index (κ2) is 13.9. The van der Waals surface area contributed by atoms with Crippen molar-refractivity contribution in [3.8, 4) is 5.75 Å². The highest BCUT2D eigenvalue weighted by atomic mass is 16.4. The molecule has 0 saturated heterocycles. The van der Waals surface area contributed by atoms with Gasteiger partial charge in [0.15, 0.2) is 6.04 Å². The molecule has 0 aliphatic rings. The SMILES string of the molecule is C[C@@H](O)[C@H](NC(=O)[C@H](Cc1ccccc1)NC(=O)[C@H](CO)NC(=O)[C@@H](N)Cc1ccc(O)cc1)C(=O)O. The van der Waals surface area contributed by atoms with Crippen molar-refractivity contribution >= 4 is 23.7 Å². The van der Waals surface area contributed by atoms with Crippen LogP contribution in [0.1, 0.15) is 18.1 Å². The number of rotatable bonds is 13. The molecule has 2 aromatic carbocycles. The van der Waals surface area contributed by atoms with E-state index >= 15 is 0 Å². The molecule has 0 aliphatic carbocycles. The second-order valence-electron chi connectivity index (χ2n) is 8.54. The number of phenolic OH excluding ortho intramolecular Hbond substituents is 1. The number of aliphatic hydroxyl groups excluding tert-OH is 2. The zero-order valence-corrected chi connectivity index (χ0v) is 20.2. The Kier molecular flexibility index (Phi) is 11.0. The first-order valence-electron chi connectivity index (χ1n) is 11.5. The first-order valence-corrected chi connectivity index (χ1v) is 11.5. The number of aliphatic carboxylic acids is 1. The van der Waals surface area contributed by atoms with E-state index in [4.69, 9.17) is 5.73 Å². The van der Waals surface area contributed by atoms with E-state index in [2.05, 4.69) is 16.0 Å². The van der Waals surface area contributed by atoms with E-state index in [0.29, 0.717) is 11.1 Å². The van der Waals surface area contributed by atoms with Gasteiger partial charge < -0.3 is 42.1 Å². The van der Waals surface area contributed by atoms with E-state index in [-0.39, 0.29) is 18.6 Å². The molecule has 12 heteroatoms. The van der Waals surface area contributed by atoms with Crippen molar-refractivity contribution < 1.29 is 39.6 Å². The molecule has 0 spiro atoms. The molecule has 0 heterocycles. The lowest BCUT2D eigenvalue weighted by atomic mass is 10.0. The Morgan fingerprint density at radius 1 is 0.811 bits per heavy atom. The summed E-state index contributed by atoms with van der Waals surface area (Å²) in [5.41, 5.74) is 7.23. The van der Waals surface area contributed by atoms with Gasteiger partial charge in [0.2, 0.25) is 17.7 Å². The van der Waals surface area contributed by atoms with Gasteiger partial charge >= 0.3 is 5.97 Å². The molecule has 37 heavy (non-hydrogen) atoms. The fourth-order valence-corrected chi connectivity index (χ4v) is 3.43. The molecule has 0 bridgehead atoms. The van der Waals surface area contributed by atoms with Crippen molar-refractivity contribution in [2.45, 2.75) is 50.0 Å². The van der Waals surface area contributed by atoms with Gasteiger partial charge in [-0.1, -0.05) is 42.5 Å². The van der Waals surface area contributed by atoms with Crippen LogP contribution >= 0.6 is 0 Å². The quantitative estimate of drug-likeness (QED) is 0.154. The van der Waals surface area contributed by atoms with Crippen LogP contribution in [0, 0.1) is 0 Å². The maximum Gasteiger partial charge on any atom is 0.328 e. The molecule has 0 aromatic heterocycles. The summed E-state index contributed by atoms with van der Waals surface area (Å²) in [6, 6.07) is 9.21. The molecule has 2 aromatic rings. The number of carbonyl (C=O) groups is 4. The van der Waals surface area contributed by atoms with Crippen molar-refractivity contribution in [2.24, 2.45) is 5.73 Å². The van der Waals surface area contributed by atoms with Gasteiger partial charge in [-0.05, 0) is 36.6 Å². The highest BCUT2D eigenvalue weighted by Gasteiger charge is 2.32. The molecule has 9 N–H and O–H groups in total. The number of aliphatic hydroxyl groups is 2. The van der Waals surface area contributed by atoms with Crippen LogP contribution in [0.25, 0.3) is 0 Å². The molecule has 3 amide bonds. The van der Waals surface area contributed by atoms with Crippen LogP contribution in [0.5, 0.6) is 5.75 Å². The number of amides is 3. The van der Waals surface area contributed by atoms with Crippen molar-refractivity contribution in [1.82, 2.24) is 16.0 Å². The first-order chi connectivity index (χ1) is 17.5. The van der Waals surface area contributed by atoms with Gasteiger partial charge in [0.1, 0.15) is 17.8 Å². The van der Waals surface area contributed by atoms with Crippen LogP contribution in [0.3, 0.4) is 0 Å². The summed E-state index contributed by atoms with van der Waals surface area (Å²) in [5, 5.41) is 45.0. The van der Waals surface area contributed by atoms with Gasteiger partial charge in [-0.25, -0.2) is 4.79 Å². The summed E-state index contributed by atoms with van der Waals surface area (Å²) in [6.45, 7) is 0.400. The predicted molar refractivity (Wildman–Crippen MR) is 132 cm³/mol. The zero-order valence-electron chi connectivity index (χ0n) is 20.2. The number of aromatic hydroxyl groups is 1. The van der Waals surface area contributed by atoms with E-state index < -0.39 is 60.6 Å². The average molecular weight is 517 g/mol. The predicted octanol–water partition coefficient (Wildman–Crippen LogP) is -1.58. The third kappa shape index (κ3) is 9.18. The zero-order chi connectivity index (χ0) is 27.5.